The van der Waals surface area contributed by atoms with Crippen molar-refractivity contribution in [3.05, 3.63) is 66.4 Å². The van der Waals surface area contributed by atoms with Gasteiger partial charge in [0.1, 0.15) is 11.3 Å². The molecule has 2 aromatic carbocycles. The maximum Gasteiger partial charge on any atom is 0.153 e. The third kappa shape index (κ3) is 2.41. The second-order valence-electron chi connectivity index (χ2n) is 4.25. The van der Waals surface area contributed by atoms with Crippen LogP contribution < -0.4 is 10.5 Å². The van der Waals surface area contributed by atoms with Gasteiger partial charge < -0.3 is 10.5 Å². The molecule has 3 rings (SSSR count). The van der Waals surface area contributed by atoms with Gasteiger partial charge in [0.25, 0.3) is 0 Å². The molecule has 3 nitrogen and oxygen atoms in total. The fraction of sp³-hybridized carbons (Fsp3) is 0.0625. The van der Waals surface area contributed by atoms with Gasteiger partial charge in [0, 0.05) is 11.9 Å². The van der Waals surface area contributed by atoms with Gasteiger partial charge in [-0.15, -0.1) is 0 Å². The second-order valence-corrected chi connectivity index (χ2v) is 4.25. The molecule has 0 atom stereocenters. The van der Waals surface area contributed by atoms with E-state index >= 15 is 0 Å². The summed E-state index contributed by atoms with van der Waals surface area (Å²) in [7, 11) is 0. The molecule has 0 bridgehead atoms. The van der Waals surface area contributed by atoms with Crippen LogP contribution in [0.3, 0.4) is 0 Å². The molecule has 0 aliphatic carbocycles. The topological polar surface area (TPSA) is 48.1 Å². The minimum atomic E-state index is 0.426. The molecule has 0 spiro atoms. The highest BCUT2D eigenvalue weighted by Crippen LogP contribution is 2.28. The molecule has 0 aliphatic heterocycles. The first-order valence-corrected chi connectivity index (χ1v) is 6.18. The van der Waals surface area contributed by atoms with Gasteiger partial charge in [-0.05, 0) is 24.3 Å². The first kappa shape index (κ1) is 11.7. The summed E-state index contributed by atoms with van der Waals surface area (Å²) >= 11 is 0. The molecule has 1 aromatic heterocycles. The summed E-state index contributed by atoms with van der Waals surface area (Å²) in [6, 6.07) is 19.5. The average Bonchev–Trinajstić information content (AvgIpc) is 2.48. The highest BCUT2D eigenvalue weighted by atomic mass is 16.5. The van der Waals surface area contributed by atoms with E-state index in [1.165, 1.54) is 0 Å². The van der Waals surface area contributed by atoms with Crippen molar-refractivity contribution >= 4 is 10.9 Å². The molecule has 0 saturated carbocycles. The zero-order chi connectivity index (χ0) is 13.1. The van der Waals surface area contributed by atoms with Crippen molar-refractivity contribution in [2.24, 2.45) is 5.73 Å². The van der Waals surface area contributed by atoms with Crippen LogP contribution in [-0.2, 0) is 6.54 Å². The van der Waals surface area contributed by atoms with Crippen LogP contribution in [0.5, 0.6) is 11.5 Å². The smallest absolute Gasteiger partial charge is 0.153 e. The van der Waals surface area contributed by atoms with Crippen LogP contribution in [0.1, 0.15) is 5.69 Å². The van der Waals surface area contributed by atoms with Crippen molar-refractivity contribution in [2.45, 2.75) is 6.54 Å². The van der Waals surface area contributed by atoms with Crippen molar-refractivity contribution in [1.29, 1.82) is 0 Å². The maximum absolute atomic E-state index is 5.89. The molecule has 0 radical (unpaired) electrons. The van der Waals surface area contributed by atoms with Crippen LogP contribution in [0.2, 0.25) is 0 Å². The largest absolute Gasteiger partial charge is 0.455 e. The predicted molar refractivity (Wildman–Crippen MR) is 76.2 cm³/mol. The lowest BCUT2D eigenvalue weighted by Crippen LogP contribution is -1.99. The molecule has 3 aromatic rings. The van der Waals surface area contributed by atoms with E-state index in [1.807, 2.05) is 60.7 Å². The highest BCUT2D eigenvalue weighted by Gasteiger charge is 2.05. The Morgan fingerprint density at radius 1 is 0.895 bits per heavy atom. The number of hydrogen-bond donors (Lipinski definition) is 1. The van der Waals surface area contributed by atoms with Crippen molar-refractivity contribution < 1.29 is 4.74 Å². The first-order valence-electron chi connectivity index (χ1n) is 6.18. The van der Waals surface area contributed by atoms with Crippen LogP contribution >= 0.6 is 0 Å². The zero-order valence-electron chi connectivity index (χ0n) is 10.4. The van der Waals surface area contributed by atoms with E-state index in [0.717, 1.165) is 28.1 Å². The number of nitrogens with two attached hydrogens (primary N) is 1. The SMILES string of the molecule is NCc1ccc2cccc(Oc3ccccc3)c2n1. The van der Waals surface area contributed by atoms with E-state index in [9.17, 15) is 0 Å². The van der Waals surface area contributed by atoms with Crippen molar-refractivity contribution in [3.63, 3.8) is 0 Å². The number of aromatic nitrogens is 1. The van der Waals surface area contributed by atoms with Gasteiger partial charge in [0.2, 0.25) is 0 Å². The minimum absolute atomic E-state index is 0.426. The van der Waals surface area contributed by atoms with Crippen molar-refractivity contribution in [2.75, 3.05) is 0 Å². The number of para-hydroxylation sites is 2. The fourth-order valence-corrected chi connectivity index (χ4v) is 1.97. The van der Waals surface area contributed by atoms with E-state index in [-0.39, 0.29) is 0 Å². The molecule has 94 valence electrons. The molecule has 0 saturated heterocycles. The Kier molecular flexibility index (Phi) is 3.12. The molecule has 2 N–H and O–H groups in total. The minimum Gasteiger partial charge on any atom is -0.455 e. The molecule has 0 amide bonds. The number of pyridine rings is 1. The third-order valence-corrected chi connectivity index (χ3v) is 2.92. The Hall–Kier alpha value is -2.39. The highest BCUT2D eigenvalue weighted by molar-refractivity contribution is 5.84. The summed E-state index contributed by atoms with van der Waals surface area (Å²) in [5.74, 6) is 1.55. The van der Waals surface area contributed by atoms with Crippen molar-refractivity contribution in [1.82, 2.24) is 4.98 Å². The number of fused-ring (bicyclic) bond motifs is 1. The molecular weight excluding hydrogens is 236 g/mol. The number of hydrogen-bond acceptors (Lipinski definition) is 3. The van der Waals surface area contributed by atoms with Gasteiger partial charge in [-0.1, -0.05) is 36.4 Å². The van der Waals surface area contributed by atoms with Crippen molar-refractivity contribution in [3.8, 4) is 11.5 Å². The van der Waals surface area contributed by atoms with Gasteiger partial charge in [-0.3, -0.25) is 0 Å². The lowest BCUT2D eigenvalue weighted by atomic mass is 10.2. The quantitative estimate of drug-likeness (QED) is 0.774. The van der Waals surface area contributed by atoms with E-state index in [4.69, 9.17) is 10.5 Å². The van der Waals surface area contributed by atoms with Crippen LogP contribution in [0.4, 0.5) is 0 Å². The number of nitrogens with zero attached hydrogens (tertiary/aromatic N) is 1. The third-order valence-electron chi connectivity index (χ3n) is 2.92. The fourth-order valence-electron chi connectivity index (χ4n) is 1.97. The lowest BCUT2D eigenvalue weighted by molar-refractivity contribution is 0.487. The molecule has 1 heterocycles. The Bertz CT molecular complexity index is 695. The zero-order valence-corrected chi connectivity index (χ0v) is 10.4. The molecule has 0 aliphatic rings. The second kappa shape index (κ2) is 5.08. The summed E-state index contributed by atoms with van der Waals surface area (Å²) in [6.07, 6.45) is 0. The molecular formula is C16H14N2O. The summed E-state index contributed by atoms with van der Waals surface area (Å²) in [5, 5.41) is 1.05. The number of ether oxygens (including phenoxy) is 1. The summed E-state index contributed by atoms with van der Waals surface area (Å²) in [6.45, 7) is 0.426. The maximum atomic E-state index is 5.89. The Morgan fingerprint density at radius 2 is 1.74 bits per heavy atom. The van der Waals surface area contributed by atoms with Gasteiger partial charge in [0.15, 0.2) is 5.75 Å². The van der Waals surface area contributed by atoms with Gasteiger partial charge in [-0.2, -0.15) is 0 Å². The summed E-state index contributed by atoms with van der Waals surface area (Å²) < 4.78 is 5.89. The summed E-state index contributed by atoms with van der Waals surface area (Å²) in [5.41, 5.74) is 7.34. The Labute approximate surface area is 111 Å². The van der Waals surface area contributed by atoms with Gasteiger partial charge >= 0.3 is 0 Å². The van der Waals surface area contributed by atoms with Crippen LogP contribution in [0.15, 0.2) is 60.7 Å². The van der Waals surface area contributed by atoms with Gasteiger partial charge in [0.05, 0.1) is 5.69 Å². The van der Waals surface area contributed by atoms with Crippen LogP contribution in [-0.4, -0.2) is 4.98 Å². The Balaban J connectivity index is 2.07. The molecule has 0 unspecified atom stereocenters. The normalized spacial score (nSPS) is 10.6. The van der Waals surface area contributed by atoms with E-state index in [0.29, 0.717) is 6.54 Å². The standard InChI is InChI=1S/C16H14N2O/c17-11-13-10-9-12-5-4-8-15(16(12)18-13)19-14-6-2-1-3-7-14/h1-10H,11,17H2. The predicted octanol–water partition coefficient (Wildman–Crippen LogP) is 3.49. The van der Waals surface area contributed by atoms with E-state index in [1.54, 1.807) is 0 Å². The Morgan fingerprint density at radius 3 is 2.53 bits per heavy atom. The number of benzene rings is 2. The van der Waals surface area contributed by atoms with E-state index in [2.05, 4.69) is 4.98 Å². The number of rotatable bonds is 3. The van der Waals surface area contributed by atoms with E-state index < -0.39 is 0 Å². The molecule has 19 heavy (non-hydrogen) atoms. The average molecular weight is 250 g/mol. The molecule has 3 heteroatoms. The lowest BCUT2D eigenvalue weighted by Gasteiger charge is -2.09. The molecule has 0 fully saturated rings. The van der Waals surface area contributed by atoms with Crippen LogP contribution in [0.25, 0.3) is 10.9 Å². The summed E-state index contributed by atoms with van der Waals surface area (Å²) in [4.78, 5) is 4.54. The van der Waals surface area contributed by atoms with Crippen LogP contribution in [0, 0.1) is 0 Å². The van der Waals surface area contributed by atoms with Gasteiger partial charge in [-0.25, -0.2) is 4.98 Å². The monoisotopic (exact) mass is 250 g/mol. The first-order chi connectivity index (χ1) is 9.36.